The van der Waals surface area contributed by atoms with Gasteiger partial charge in [0.15, 0.2) is 10.9 Å². The van der Waals surface area contributed by atoms with Crippen molar-refractivity contribution in [3.63, 3.8) is 0 Å². The number of nitrogens with one attached hydrogen (secondary N) is 1. The van der Waals surface area contributed by atoms with Gasteiger partial charge in [0, 0.05) is 37.4 Å². The molecule has 0 spiro atoms. The van der Waals surface area contributed by atoms with Gasteiger partial charge in [0.05, 0.1) is 0 Å². The van der Waals surface area contributed by atoms with E-state index in [2.05, 4.69) is 48.9 Å². The molecule has 0 aliphatic carbocycles. The summed E-state index contributed by atoms with van der Waals surface area (Å²) in [5.41, 5.74) is 2.33. The Hall–Kier alpha value is -4.03. The van der Waals surface area contributed by atoms with Gasteiger partial charge >= 0.3 is 0 Å². The molecule has 12 heteroatoms. The Labute approximate surface area is 220 Å². The predicted octanol–water partition coefficient (Wildman–Crippen LogP) is 2.81. The smallest absolute Gasteiger partial charge is 0.275 e. The topological polar surface area (TPSA) is 136 Å². The van der Waals surface area contributed by atoms with Gasteiger partial charge in [-0.05, 0) is 68.1 Å². The molecule has 4 aromatic rings. The monoisotopic (exact) mass is 530 g/mol. The van der Waals surface area contributed by atoms with Gasteiger partial charge in [-0.25, -0.2) is 18.4 Å². The van der Waals surface area contributed by atoms with E-state index in [9.17, 15) is 13.2 Å². The van der Waals surface area contributed by atoms with Gasteiger partial charge in [-0.15, -0.1) is 10.2 Å². The number of carbonyl (C=O) groups excluding carboxylic acids is 1. The molecule has 2 aliphatic rings. The number of hydrogen-bond acceptors (Lipinski definition) is 8. The van der Waals surface area contributed by atoms with Crippen LogP contribution in [0.3, 0.4) is 0 Å². The van der Waals surface area contributed by atoms with Crippen molar-refractivity contribution >= 4 is 21.7 Å². The van der Waals surface area contributed by atoms with E-state index in [-0.39, 0.29) is 22.8 Å². The van der Waals surface area contributed by atoms with E-state index in [1.807, 2.05) is 12.1 Å². The molecule has 6 heterocycles. The van der Waals surface area contributed by atoms with Gasteiger partial charge in [0.25, 0.3) is 15.9 Å². The van der Waals surface area contributed by atoms with Crippen LogP contribution < -0.4 is 5.32 Å². The summed E-state index contributed by atoms with van der Waals surface area (Å²) in [4.78, 5) is 26.0. The summed E-state index contributed by atoms with van der Waals surface area (Å²) < 4.78 is 29.6. The zero-order valence-electron chi connectivity index (χ0n) is 21.0. The molecule has 0 bridgehead atoms. The highest BCUT2D eigenvalue weighted by Crippen LogP contribution is 2.35. The van der Waals surface area contributed by atoms with Gasteiger partial charge in [-0.3, -0.25) is 9.78 Å². The Balaban J connectivity index is 1.22. The molecule has 38 heavy (non-hydrogen) atoms. The van der Waals surface area contributed by atoms with Crippen molar-refractivity contribution in [3.8, 4) is 11.5 Å². The Morgan fingerprint density at radius 2 is 1.89 bits per heavy atom. The summed E-state index contributed by atoms with van der Waals surface area (Å²) in [7, 11) is -3.75. The maximum absolute atomic E-state index is 13.1. The molecule has 1 N–H and O–H groups in total. The number of sulfonamides is 1. The number of aromatic nitrogens is 6. The molecule has 0 radical (unpaired) electrons. The first-order chi connectivity index (χ1) is 18.2. The molecule has 2 aliphatic heterocycles. The van der Waals surface area contributed by atoms with Gasteiger partial charge in [-0.1, -0.05) is 12.1 Å². The van der Waals surface area contributed by atoms with E-state index in [0.717, 1.165) is 29.8 Å². The van der Waals surface area contributed by atoms with Crippen LogP contribution in [0.1, 0.15) is 47.7 Å². The maximum Gasteiger partial charge on any atom is 0.275 e. The first-order valence-electron chi connectivity index (χ1n) is 12.3. The second kappa shape index (κ2) is 9.07. The third-order valence-corrected chi connectivity index (χ3v) is 8.81. The number of amides is 1. The highest BCUT2D eigenvalue weighted by Gasteiger charge is 2.34. The van der Waals surface area contributed by atoms with E-state index < -0.39 is 15.9 Å². The average molecular weight is 531 g/mol. The molecule has 0 atom stereocenters. The maximum atomic E-state index is 13.1. The SMILES string of the molecule is CC1(C)CCc2nnc(-c3cccc(NC(=O)c4cc5c(cn4)CCN(S(=O)(=O)c4ccccn4)C5)n3)n21. The molecule has 194 valence electrons. The van der Waals surface area contributed by atoms with Crippen molar-refractivity contribution in [1.29, 1.82) is 0 Å². The van der Waals surface area contributed by atoms with Crippen molar-refractivity contribution in [3.05, 3.63) is 77.5 Å². The fraction of sp³-hybridized carbons (Fsp3) is 0.308. The summed E-state index contributed by atoms with van der Waals surface area (Å²) in [6, 6.07) is 11.8. The number of aryl methyl sites for hydroxylation is 1. The van der Waals surface area contributed by atoms with Crippen LogP contribution in [0.25, 0.3) is 11.5 Å². The molecule has 0 fully saturated rings. The van der Waals surface area contributed by atoms with Crippen LogP contribution in [-0.4, -0.2) is 54.9 Å². The number of hydrogen-bond donors (Lipinski definition) is 1. The van der Waals surface area contributed by atoms with E-state index in [0.29, 0.717) is 30.3 Å². The highest BCUT2D eigenvalue weighted by atomic mass is 32.2. The largest absolute Gasteiger partial charge is 0.305 e. The van der Waals surface area contributed by atoms with Crippen molar-refractivity contribution in [1.82, 2.24) is 34.0 Å². The van der Waals surface area contributed by atoms with Gasteiger partial charge in [0.2, 0.25) is 0 Å². The molecule has 6 rings (SSSR count). The highest BCUT2D eigenvalue weighted by molar-refractivity contribution is 7.89. The summed E-state index contributed by atoms with van der Waals surface area (Å²) in [5.74, 6) is 1.52. The summed E-state index contributed by atoms with van der Waals surface area (Å²) >= 11 is 0. The first kappa shape index (κ1) is 24.3. The number of rotatable bonds is 5. The lowest BCUT2D eigenvalue weighted by Crippen LogP contribution is -2.36. The molecule has 11 nitrogen and oxygen atoms in total. The lowest BCUT2D eigenvalue weighted by atomic mass is 10.0. The molecule has 0 saturated heterocycles. The molecule has 0 aromatic carbocycles. The minimum Gasteiger partial charge on any atom is -0.305 e. The minimum atomic E-state index is -3.75. The van der Waals surface area contributed by atoms with Crippen LogP contribution in [0, 0.1) is 0 Å². The van der Waals surface area contributed by atoms with Crippen molar-refractivity contribution in [2.75, 3.05) is 11.9 Å². The predicted molar refractivity (Wildman–Crippen MR) is 139 cm³/mol. The minimum absolute atomic E-state index is 0.00290. The first-order valence-corrected chi connectivity index (χ1v) is 13.8. The van der Waals surface area contributed by atoms with Gasteiger partial charge in [0.1, 0.15) is 23.0 Å². The number of pyridine rings is 3. The fourth-order valence-corrected chi connectivity index (χ4v) is 6.34. The Bertz CT molecular complexity index is 1650. The normalized spacial score (nSPS) is 16.6. The molecule has 0 unspecified atom stereocenters. The number of nitrogens with zero attached hydrogens (tertiary/aromatic N) is 7. The summed E-state index contributed by atoms with van der Waals surface area (Å²) in [6.07, 6.45) is 5.43. The number of anilines is 1. The van der Waals surface area contributed by atoms with Crippen LogP contribution in [0.4, 0.5) is 5.82 Å². The number of fused-ring (bicyclic) bond motifs is 2. The zero-order valence-corrected chi connectivity index (χ0v) is 21.8. The van der Waals surface area contributed by atoms with Crippen LogP contribution in [0.2, 0.25) is 0 Å². The van der Waals surface area contributed by atoms with Crippen molar-refractivity contribution in [2.24, 2.45) is 0 Å². The van der Waals surface area contributed by atoms with Crippen molar-refractivity contribution < 1.29 is 13.2 Å². The Morgan fingerprint density at radius 3 is 2.71 bits per heavy atom. The van der Waals surface area contributed by atoms with Crippen LogP contribution in [0.5, 0.6) is 0 Å². The standard InChI is InChI=1S/C26H26N8O3S/c1-26(2)11-9-22-31-32-24(34(22)26)19-6-5-7-21(29-19)30-25(35)20-14-18-16-33(13-10-17(18)15-28-20)38(36,37)23-8-3-4-12-27-23/h3-8,12,14-15H,9-11,13,16H2,1-2H3,(H,29,30,35). The second-order valence-corrected chi connectivity index (χ2v) is 11.9. The van der Waals surface area contributed by atoms with Crippen LogP contribution in [0.15, 0.2) is 59.9 Å². The second-order valence-electron chi connectivity index (χ2n) is 10.0. The summed E-state index contributed by atoms with van der Waals surface area (Å²) in [6.45, 7) is 4.75. The van der Waals surface area contributed by atoms with Gasteiger partial charge in [-0.2, -0.15) is 4.31 Å². The average Bonchev–Trinajstić information content (AvgIpc) is 3.49. The Kier molecular flexibility index (Phi) is 5.80. The molecule has 1 amide bonds. The van der Waals surface area contributed by atoms with Gasteiger partial charge < -0.3 is 9.88 Å². The number of carbonyl (C=O) groups is 1. The Morgan fingerprint density at radius 1 is 1.03 bits per heavy atom. The quantitative estimate of drug-likeness (QED) is 0.416. The van der Waals surface area contributed by atoms with E-state index >= 15 is 0 Å². The molecule has 0 saturated carbocycles. The molecular formula is C26H26N8O3S. The third kappa shape index (κ3) is 4.25. The molecular weight excluding hydrogens is 504 g/mol. The van der Waals surface area contributed by atoms with E-state index in [1.165, 1.54) is 16.6 Å². The van der Waals surface area contributed by atoms with Crippen LogP contribution in [-0.2, 0) is 34.9 Å². The lowest BCUT2D eigenvalue weighted by Gasteiger charge is -2.27. The zero-order chi connectivity index (χ0) is 26.5. The fourth-order valence-electron chi connectivity index (χ4n) is 4.99. The summed E-state index contributed by atoms with van der Waals surface area (Å²) in [5, 5.41) is 11.5. The van der Waals surface area contributed by atoms with E-state index in [1.54, 1.807) is 30.5 Å². The lowest BCUT2D eigenvalue weighted by molar-refractivity contribution is 0.102. The van der Waals surface area contributed by atoms with Crippen LogP contribution >= 0.6 is 0 Å². The van der Waals surface area contributed by atoms with Crippen molar-refractivity contribution in [2.45, 2.75) is 50.2 Å². The van der Waals surface area contributed by atoms with E-state index in [4.69, 9.17) is 0 Å². The third-order valence-electron chi connectivity index (χ3n) is 7.05. The molecule has 4 aromatic heterocycles.